The average molecular weight is 193 g/mol. The van der Waals surface area contributed by atoms with E-state index < -0.39 is 15.6 Å². The first-order valence-electron chi connectivity index (χ1n) is 1.46. The van der Waals surface area contributed by atoms with Crippen LogP contribution in [0.2, 0.25) is 0 Å². The van der Waals surface area contributed by atoms with Crippen LogP contribution < -0.4 is 25.7 Å². The Kier molecular flexibility index (Phi) is 4.58. The summed E-state index contributed by atoms with van der Waals surface area (Å²) in [4.78, 5) is 37.3. The predicted molar refractivity (Wildman–Crippen MR) is 23.4 cm³/mol. The molecule has 0 radical (unpaired) electrons. The summed E-state index contributed by atoms with van der Waals surface area (Å²) >= 11 is 0. The van der Waals surface area contributed by atoms with Crippen molar-refractivity contribution in [2.45, 2.75) is 0 Å². The number of rotatable bonds is 2. The Labute approximate surface area is 57.4 Å². The molecular weight excluding hydrogens is 188 g/mol. The van der Waals surface area contributed by atoms with Gasteiger partial charge in [-0.3, -0.25) is 0 Å². The van der Waals surface area contributed by atoms with Gasteiger partial charge in [0.25, 0.3) is 0 Å². The van der Waals surface area contributed by atoms with Crippen molar-refractivity contribution in [1.29, 1.82) is 0 Å². The van der Waals surface area contributed by atoms with Gasteiger partial charge in [-0.05, 0) is 0 Å². The van der Waals surface area contributed by atoms with Gasteiger partial charge in [0.1, 0.15) is 0 Å². The maximum atomic E-state index is 9.32. The molecule has 0 aliphatic carbocycles. The molecule has 0 aromatic carbocycles. The molecule has 0 aliphatic rings. The minimum absolute atomic E-state index is 0. The maximum absolute atomic E-state index is 9.32. The van der Waals surface area contributed by atoms with Crippen molar-refractivity contribution in [2.75, 3.05) is 0 Å². The minimum Gasteiger partial charge on any atom is -0.790 e. The van der Waals surface area contributed by atoms with Crippen molar-refractivity contribution in [3.8, 4) is 0 Å². The van der Waals surface area contributed by atoms with Gasteiger partial charge in [0, 0.05) is 0 Å². The number of phosphoric acid groups is 2. The molecule has 0 aromatic heterocycles. The molecule has 64 valence electrons. The summed E-state index contributed by atoms with van der Waals surface area (Å²) in [5.41, 5.74) is 0. The molecule has 0 saturated carbocycles. The van der Waals surface area contributed by atoms with Gasteiger partial charge in [-0.15, -0.1) is 0 Å². The lowest BCUT2D eigenvalue weighted by molar-refractivity contribution is -0.364. The molecule has 0 saturated heterocycles. The Morgan fingerprint density at radius 3 is 1.20 bits per heavy atom. The second-order valence-corrected chi connectivity index (χ2v) is 3.42. The van der Waals surface area contributed by atoms with Crippen LogP contribution in [0.3, 0.4) is 0 Å². The lowest BCUT2D eigenvalue weighted by Crippen LogP contribution is -2.23. The molecule has 0 fully saturated rings. The van der Waals surface area contributed by atoms with Crippen molar-refractivity contribution in [3.05, 3.63) is 0 Å². The summed E-state index contributed by atoms with van der Waals surface area (Å²) in [5, 5.41) is 0. The summed E-state index contributed by atoms with van der Waals surface area (Å²) in [6.45, 7) is 0. The topological polar surface area (TPSA) is 172 Å². The third-order valence-corrected chi connectivity index (χ3v) is 1.80. The lowest BCUT2D eigenvalue weighted by Gasteiger charge is -2.39. The molecule has 0 aromatic rings. The first kappa shape index (κ1) is 12.9. The predicted octanol–water partition coefficient (Wildman–Crippen LogP) is -2.85. The van der Waals surface area contributed by atoms with Gasteiger partial charge in [0.05, 0.1) is 15.6 Å². The highest BCUT2D eigenvalue weighted by Gasteiger charge is 1.92. The zero-order valence-electron chi connectivity index (χ0n) is 5.75. The van der Waals surface area contributed by atoms with Crippen LogP contribution in [0, 0.1) is 0 Å². The summed E-state index contributed by atoms with van der Waals surface area (Å²) in [5.74, 6) is 0. The van der Waals surface area contributed by atoms with Crippen LogP contribution in [-0.2, 0) is 13.4 Å². The third kappa shape index (κ3) is 11.1. The first-order chi connectivity index (χ1) is 3.71. The molecule has 4 N–H and O–H groups in total. The van der Waals surface area contributed by atoms with Gasteiger partial charge in [0.15, 0.2) is 0 Å². The van der Waals surface area contributed by atoms with E-state index in [0.29, 0.717) is 0 Å². The molecule has 0 spiro atoms. The molecule has 0 atom stereocenters. The molecule has 10 heavy (non-hydrogen) atoms. The Morgan fingerprint density at radius 2 is 1.20 bits per heavy atom. The minimum atomic E-state index is -5.68. The Balaban J connectivity index is -0.000000320. The van der Waals surface area contributed by atoms with Crippen molar-refractivity contribution >= 4 is 15.6 Å². The summed E-state index contributed by atoms with van der Waals surface area (Å²) in [6.07, 6.45) is 0. The Bertz CT molecular complexity index is 157. The fourth-order valence-corrected chi connectivity index (χ4v) is 1.10. The van der Waals surface area contributed by atoms with Crippen LogP contribution in [-0.4, -0.2) is 0 Å². The summed E-state index contributed by atoms with van der Waals surface area (Å²) < 4.78 is 21.2. The van der Waals surface area contributed by atoms with Gasteiger partial charge in [-0.25, -0.2) is 0 Å². The molecule has 0 amide bonds. The molecule has 10 heteroatoms. The standard InChI is InChI=1S/H3N.H4O7P2/c;1-8(2,3)7-9(4,5)6/h1H3;(H2,1,2,3)(H2,4,5,6)/p-2. The Morgan fingerprint density at radius 1 is 1.00 bits per heavy atom. The van der Waals surface area contributed by atoms with Gasteiger partial charge in [-0.1, -0.05) is 0 Å². The number of hydrogen-bond acceptors (Lipinski definition) is 7. The van der Waals surface area contributed by atoms with E-state index in [0.717, 1.165) is 0 Å². The highest BCUT2D eigenvalue weighted by Crippen LogP contribution is 2.42. The average Bonchev–Trinajstić information content (AvgIpc) is 1.14. The molecule has 0 heterocycles. The SMILES string of the molecule is O=P([O-])([O-])OP(=O)([O-])[O-].[H+].[NH4+]. The molecule has 0 unspecified atom stereocenters. The zero-order valence-corrected chi connectivity index (χ0v) is 6.54. The van der Waals surface area contributed by atoms with Crippen LogP contribution in [0.15, 0.2) is 0 Å². The second-order valence-electron chi connectivity index (χ2n) is 0.976. The van der Waals surface area contributed by atoms with Crippen molar-refractivity contribution < 1.29 is 34.4 Å². The summed E-state index contributed by atoms with van der Waals surface area (Å²) in [6, 6.07) is 0. The second kappa shape index (κ2) is 3.56. The van der Waals surface area contributed by atoms with Gasteiger partial charge < -0.3 is 39.2 Å². The monoisotopic (exact) mass is 193 g/mol. The molecular formula is H5NO7P2-2. The largest absolute Gasteiger partial charge is 1.00 e. The van der Waals surface area contributed by atoms with Crippen LogP contribution in [0.5, 0.6) is 0 Å². The molecule has 0 bridgehead atoms. The van der Waals surface area contributed by atoms with E-state index in [1.54, 1.807) is 0 Å². The van der Waals surface area contributed by atoms with Gasteiger partial charge in [-0.2, -0.15) is 0 Å². The van der Waals surface area contributed by atoms with E-state index in [1.165, 1.54) is 0 Å². The summed E-state index contributed by atoms with van der Waals surface area (Å²) in [7, 11) is -11.4. The van der Waals surface area contributed by atoms with Gasteiger partial charge >= 0.3 is 1.43 Å². The first-order valence-corrected chi connectivity index (χ1v) is 4.38. The molecule has 8 nitrogen and oxygen atoms in total. The fourth-order valence-electron chi connectivity index (χ4n) is 0.122. The van der Waals surface area contributed by atoms with E-state index in [2.05, 4.69) is 4.31 Å². The molecule has 0 aliphatic heterocycles. The van der Waals surface area contributed by atoms with Crippen molar-refractivity contribution in [2.24, 2.45) is 0 Å². The van der Waals surface area contributed by atoms with Crippen LogP contribution >= 0.6 is 15.6 Å². The zero-order chi connectivity index (χ0) is 7.71. The molecule has 0 rings (SSSR count). The van der Waals surface area contributed by atoms with Crippen molar-refractivity contribution in [1.82, 2.24) is 6.15 Å². The highest BCUT2D eigenvalue weighted by atomic mass is 31.3. The van der Waals surface area contributed by atoms with E-state index in [-0.39, 0.29) is 7.58 Å². The normalized spacial score (nSPS) is 12.4. The quantitative estimate of drug-likeness (QED) is 0.459. The van der Waals surface area contributed by atoms with Crippen LogP contribution in [0.1, 0.15) is 1.43 Å². The lowest BCUT2D eigenvalue weighted by atomic mass is 14.0. The van der Waals surface area contributed by atoms with E-state index in [1.807, 2.05) is 0 Å². The number of quaternary nitrogens is 1. The maximum Gasteiger partial charge on any atom is 1.00 e. The van der Waals surface area contributed by atoms with Crippen LogP contribution in [0.4, 0.5) is 0 Å². The Hall–Kier alpha value is 0.220. The fraction of sp³-hybridized carbons (Fsp3) is 0. The third-order valence-electron chi connectivity index (χ3n) is 0.200. The van der Waals surface area contributed by atoms with E-state index >= 15 is 0 Å². The number of hydrogen-bond donors (Lipinski definition) is 1. The van der Waals surface area contributed by atoms with Crippen molar-refractivity contribution in [3.63, 3.8) is 0 Å². The van der Waals surface area contributed by atoms with E-state index in [4.69, 9.17) is 0 Å². The highest BCUT2D eigenvalue weighted by molar-refractivity contribution is 7.57. The van der Waals surface area contributed by atoms with Crippen LogP contribution in [0.25, 0.3) is 0 Å². The smallest absolute Gasteiger partial charge is 0.790 e. The van der Waals surface area contributed by atoms with E-state index in [9.17, 15) is 28.7 Å². The van der Waals surface area contributed by atoms with Gasteiger partial charge in [0.2, 0.25) is 0 Å².